The number of halogens is 1. The number of carbonyl (C=O) groups excluding carboxylic acids is 1. The zero-order valence-corrected chi connectivity index (χ0v) is 20.9. The maximum Gasteiger partial charge on any atom is 0.222 e. The fraction of sp³-hybridized carbons (Fsp3) is 0.619. The maximum absolute atomic E-state index is 11.9. The molecule has 30 heavy (non-hydrogen) atoms. The standard InChI is InChI=1S/C21H34N4O4.HI/c1-6-18(26)25-13-11-16(14-25)24-21(22-7-2)23-12-10-15-8-9-17(27-3)20(29-5)19(15)28-4;/h8-9,16H,6-7,10-14H2,1-5H3,(H2,22,23,24);1H. The van der Waals surface area contributed by atoms with Crippen LogP contribution in [0.1, 0.15) is 32.3 Å². The normalized spacial score (nSPS) is 16.0. The Morgan fingerprint density at radius 2 is 1.90 bits per heavy atom. The molecule has 1 aromatic rings. The van der Waals surface area contributed by atoms with Crippen LogP contribution in [0.3, 0.4) is 0 Å². The van der Waals surface area contributed by atoms with Gasteiger partial charge in [0.15, 0.2) is 17.5 Å². The lowest BCUT2D eigenvalue weighted by Crippen LogP contribution is -2.45. The van der Waals surface area contributed by atoms with Gasteiger partial charge in [0.05, 0.1) is 21.3 Å². The second-order valence-corrected chi connectivity index (χ2v) is 6.83. The molecule has 0 aromatic heterocycles. The van der Waals surface area contributed by atoms with Gasteiger partial charge in [-0.1, -0.05) is 13.0 Å². The number of nitrogens with zero attached hydrogens (tertiary/aromatic N) is 2. The molecule has 0 saturated carbocycles. The number of rotatable bonds is 9. The molecule has 8 nitrogen and oxygen atoms in total. The van der Waals surface area contributed by atoms with Crippen molar-refractivity contribution >= 4 is 35.8 Å². The van der Waals surface area contributed by atoms with Crippen molar-refractivity contribution in [3.05, 3.63) is 17.7 Å². The van der Waals surface area contributed by atoms with Crippen LogP contribution in [0.15, 0.2) is 17.1 Å². The zero-order valence-electron chi connectivity index (χ0n) is 18.6. The molecule has 1 aliphatic rings. The molecule has 9 heteroatoms. The summed E-state index contributed by atoms with van der Waals surface area (Å²) < 4.78 is 16.3. The minimum Gasteiger partial charge on any atom is -0.493 e. The van der Waals surface area contributed by atoms with E-state index in [2.05, 4.69) is 10.6 Å². The summed E-state index contributed by atoms with van der Waals surface area (Å²) in [4.78, 5) is 18.5. The monoisotopic (exact) mass is 534 g/mol. The van der Waals surface area contributed by atoms with Crippen LogP contribution in [0.2, 0.25) is 0 Å². The number of amides is 1. The van der Waals surface area contributed by atoms with E-state index in [9.17, 15) is 4.79 Å². The van der Waals surface area contributed by atoms with Crippen LogP contribution in [0, 0.1) is 0 Å². The van der Waals surface area contributed by atoms with Gasteiger partial charge in [0, 0.05) is 44.2 Å². The average Bonchev–Trinajstić information content (AvgIpc) is 3.21. The van der Waals surface area contributed by atoms with E-state index in [0.717, 1.165) is 37.6 Å². The predicted octanol–water partition coefficient (Wildman–Crippen LogP) is 2.44. The maximum atomic E-state index is 11.9. The molecular formula is C21H35IN4O4. The molecule has 1 amide bonds. The number of aliphatic imine (C=N–C) groups is 1. The fourth-order valence-corrected chi connectivity index (χ4v) is 3.49. The van der Waals surface area contributed by atoms with Gasteiger partial charge in [-0.15, -0.1) is 24.0 Å². The summed E-state index contributed by atoms with van der Waals surface area (Å²) in [5.41, 5.74) is 1.00. The van der Waals surface area contributed by atoms with E-state index in [-0.39, 0.29) is 35.9 Å². The van der Waals surface area contributed by atoms with Gasteiger partial charge in [0.1, 0.15) is 0 Å². The first kappa shape index (κ1) is 26.1. The highest BCUT2D eigenvalue weighted by molar-refractivity contribution is 14.0. The number of ether oxygens (including phenoxy) is 3. The molecule has 1 heterocycles. The Morgan fingerprint density at radius 3 is 2.50 bits per heavy atom. The molecule has 1 unspecified atom stereocenters. The van der Waals surface area contributed by atoms with Crippen LogP contribution in [0.25, 0.3) is 0 Å². The van der Waals surface area contributed by atoms with Crippen molar-refractivity contribution in [1.29, 1.82) is 0 Å². The third-order valence-electron chi connectivity index (χ3n) is 4.97. The van der Waals surface area contributed by atoms with Crippen LogP contribution in [0.4, 0.5) is 0 Å². The molecule has 170 valence electrons. The lowest BCUT2D eigenvalue weighted by molar-refractivity contribution is -0.129. The Hall–Kier alpha value is -1.91. The van der Waals surface area contributed by atoms with E-state index in [4.69, 9.17) is 19.2 Å². The van der Waals surface area contributed by atoms with Crippen LogP contribution in [-0.2, 0) is 11.2 Å². The molecule has 1 saturated heterocycles. The van der Waals surface area contributed by atoms with Crippen molar-refractivity contribution in [1.82, 2.24) is 15.5 Å². The van der Waals surface area contributed by atoms with E-state index in [0.29, 0.717) is 36.6 Å². The highest BCUT2D eigenvalue weighted by atomic mass is 127. The number of carbonyl (C=O) groups is 1. The van der Waals surface area contributed by atoms with Crippen LogP contribution in [-0.4, -0.2) is 70.3 Å². The van der Waals surface area contributed by atoms with Crippen molar-refractivity contribution in [3.63, 3.8) is 0 Å². The van der Waals surface area contributed by atoms with E-state index < -0.39 is 0 Å². The van der Waals surface area contributed by atoms with Crippen molar-refractivity contribution in [2.24, 2.45) is 4.99 Å². The van der Waals surface area contributed by atoms with Crippen LogP contribution < -0.4 is 24.8 Å². The number of hydrogen-bond donors (Lipinski definition) is 2. The number of likely N-dealkylation sites (tertiary alicyclic amines) is 1. The topological polar surface area (TPSA) is 84.4 Å². The van der Waals surface area contributed by atoms with Crippen molar-refractivity contribution < 1.29 is 19.0 Å². The van der Waals surface area contributed by atoms with E-state index in [1.807, 2.05) is 30.9 Å². The number of nitrogens with one attached hydrogen (secondary N) is 2. The Kier molecular flexibility index (Phi) is 11.7. The Bertz CT molecular complexity index is 714. The van der Waals surface area contributed by atoms with Gasteiger partial charge in [-0.25, -0.2) is 0 Å². The van der Waals surface area contributed by atoms with Gasteiger partial charge in [0.2, 0.25) is 11.7 Å². The lowest BCUT2D eigenvalue weighted by Gasteiger charge is -2.19. The van der Waals surface area contributed by atoms with Crippen molar-refractivity contribution in [2.45, 2.75) is 39.2 Å². The molecule has 1 aliphatic heterocycles. The van der Waals surface area contributed by atoms with Crippen molar-refractivity contribution in [2.75, 3.05) is 47.5 Å². The molecule has 2 N–H and O–H groups in total. The molecule has 0 spiro atoms. The smallest absolute Gasteiger partial charge is 0.222 e. The summed E-state index contributed by atoms with van der Waals surface area (Å²) in [5, 5.41) is 6.73. The predicted molar refractivity (Wildman–Crippen MR) is 130 cm³/mol. The first-order valence-electron chi connectivity index (χ1n) is 10.2. The van der Waals surface area contributed by atoms with Gasteiger partial charge in [-0.2, -0.15) is 0 Å². The summed E-state index contributed by atoms with van der Waals surface area (Å²) in [7, 11) is 4.83. The molecule has 0 radical (unpaired) electrons. The molecule has 1 fully saturated rings. The Morgan fingerprint density at radius 1 is 1.17 bits per heavy atom. The van der Waals surface area contributed by atoms with E-state index in [1.54, 1.807) is 21.3 Å². The first-order valence-corrected chi connectivity index (χ1v) is 10.2. The second-order valence-electron chi connectivity index (χ2n) is 6.83. The molecular weight excluding hydrogens is 499 g/mol. The van der Waals surface area contributed by atoms with E-state index in [1.165, 1.54) is 0 Å². The highest BCUT2D eigenvalue weighted by Crippen LogP contribution is 2.39. The number of benzene rings is 1. The zero-order chi connectivity index (χ0) is 21.2. The summed E-state index contributed by atoms with van der Waals surface area (Å²) >= 11 is 0. The van der Waals surface area contributed by atoms with Gasteiger partial charge in [-0.05, 0) is 25.8 Å². The van der Waals surface area contributed by atoms with Crippen molar-refractivity contribution in [3.8, 4) is 17.2 Å². The first-order chi connectivity index (χ1) is 14.1. The SMILES string of the molecule is CCNC(=NCCc1ccc(OC)c(OC)c1OC)NC1CCN(C(=O)CC)C1.I. The third-order valence-corrected chi connectivity index (χ3v) is 4.97. The molecule has 1 aromatic carbocycles. The Balaban J connectivity index is 0.00000450. The molecule has 2 rings (SSSR count). The molecule has 1 atom stereocenters. The largest absolute Gasteiger partial charge is 0.493 e. The van der Waals surface area contributed by atoms with Gasteiger partial charge in [0.25, 0.3) is 0 Å². The number of hydrogen-bond acceptors (Lipinski definition) is 5. The van der Waals surface area contributed by atoms with E-state index >= 15 is 0 Å². The quantitative estimate of drug-likeness (QED) is 0.288. The summed E-state index contributed by atoms with van der Waals surface area (Å²) in [6.07, 6.45) is 2.18. The minimum atomic E-state index is 0. The average molecular weight is 534 g/mol. The molecule has 0 aliphatic carbocycles. The molecule has 0 bridgehead atoms. The van der Waals surface area contributed by atoms with Gasteiger partial charge in [-0.3, -0.25) is 9.79 Å². The summed E-state index contributed by atoms with van der Waals surface area (Å²) in [5.74, 6) is 2.87. The summed E-state index contributed by atoms with van der Waals surface area (Å²) in [6, 6.07) is 4.07. The highest BCUT2D eigenvalue weighted by Gasteiger charge is 2.25. The van der Waals surface area contributed by atoms with Crippen LogP contribution >= 0.6 is 24.0 Å². The lowest BCUT2D eigenvalue weighted by atomic mass is 10.1. The van der Waals surface area contributed by atoms with Gasteiger partial charge >= 0.3 is 0 Å². The second kappa shape index (κ2) is 13.4. The van der Waals surface area contributed by atoms with Gasteiger partial charge < -0.3 is 29.7 Å². The number of guanidine groups is 1. The minimum absolute atomic E-state index is 0. The van der Waals surface area contributed by atoms with Crippen LogP contribution in [0.5, 0.6) is 17.2 Å². The number of methoxy groups -OCH3 is 3. The summed E-state index contributed by atoms with van der Waals surface area (Å²) in [6.45, 7) is 6.82. The Labute approximate surface area is 196 Å². The fourth-order valence-electron chi connectivity index (χ4n) is 3.49. The third kappa shape index (κ3) is 6.82.